The first kappa shape index (κ1) is 20.4. The monoisotopic (exact) mass is 430 g/mol. The van der Waals surface area contributed by atoms with Crippen molar-refractivity contribution in [3.05, 3.63) is 63.7 Å². The zero-order chi connectivity index (χ0) is 21.1. The number of urea groups is 1. The summed E-state index contributed by atoms with van der Waals surface area (Å²) in [6.07, 6.45) is 0. The third-order valence-corrected chi connectivity index (χ3v) is 6.27. The Morgan fingerprint density at radius 1 is 1.20 bits per heavy atom. The minimum absolute atomic E-state index is 0.231. The van der Waals surface area contributed by atoms with E-state index in [0.717, 1.165) is 4.88 Å². The van der Waals surface area contributed by atoms with Crippen LogP contribution in [0, 0.1) is 5.82 Å². The van der Waals surface area contributed by atoms with Crippen molar-refractivity contribution in [2.45, 2.75) is 6.04 Å². The SMILES string of the molecule is COC(=O)C1=C(CN2CCN(c3ccccc3F)CC2)NC(=O)N[C@@H]1c1cccs1. The van der Waals surface area contributed by atoms with E-state index in [1.807, 2.05) is 28.5 Å². The van der Waals surface area contributed by atoms with E-state index in [2.05, 4.69) is 15.5 Å². The number of thiophene rings is 1. The molecule has 2 amide bonds. The first-order valence-corrected chi connectivity index (χ1v) is 10.6. The molecule has 1 atom stereocenters. The van der Waals surface area contributed by atoms with E-state index in [1.54, 1.807) is 12.1 Å². The van der Waals surface area contributed by atoms with Gasteiger partial charge in [-0.1, -0.05) is 18.2 Å². The highest BCUT2D eigenvalue weighted by Crippen LogP contribution is 2.31. The van der Waals surface area contributed by atoms with Gasteiger partial charge in [-0.3, -0.25) is 4.90 Å². The van der Waals surface area contributed by atoms with E-state index in [0.29, 0.717) is 49.7 Å². The molecule has 0 spiro atoms. The fourth-order valence-electron chi connectivity index (χ4n) is 3.84. The summed E-state index contributed by atoms with van der Waals surface area (Å²) in [6.45, 7) is 3.08. The van der Waals surface area contributed by atoms with Crippen molar-refractivity contribution < 1.29 is 18.7 Å². The molecule has 0 aliphatic carbocycles. The van der Waals surface area contributed by atoms with Gasteiger partial charge in [-0.25, -0.2) is 14.0 Å². The van der Waals surface area contributed by atoms with Crippen LogP contribution in [0.3, 0.4) is 0 Å². The number of esters is 1. The van der Waals surface area contributed by atoms with Crippen molar-refractivity contribution in [1.29, 1.82) is 0 Å². The number of rotatable bonds is 5. The molecule has 2 aromatic rings. The highest BCUT2D eigenvalue weighted by atomic mass is 32.1. The Morgan fingerprint density at radius 3 is 2.63 bits per heavy atom. The van der Waals surface area contributed by atoms with Crippen molar-refractivity contribution in [3.63, 3.8) is 0 Å². The van der Waals surface area contributed by atoms with Gasteiger partial charge in [0.05, 0.1) is 24.4 Å². The Morgan fingerprint density at radius 2 is 1.97 bits per heavy atom. The molecule has 2 N–H and O–H groups in total. The molecular formula is C21H23FN4O3S. The van der Waals surface area contributed by atoms with Crippen LogP contribution in [0.5, 0.6) is 0 Å². The van der Waals surface area contributed by atoms with Crippen molar-refractivity contribution in [2.24, 2.45) is 0 Å². The second kappa shape index (κ2) is 8.85. The average molecular weight is 431 g/mol. The number of benzene rings is 1. The van der Waals surface area contributed by atoms with Crippen molar-refractivity contribution >= 4 is 29.0 Å². The zero-order valence-electron chi connectivity index (χ0n) is 16.6. The van der Waals surface area contributed by atoms with Crippen LogP contribution >= 0.6 is 11.3 Å². The number of methoxy groups -OCH3 is 1. The highest BCUT2D eigenvalue weighted by molar-refractivity contribution is 7.10. The van der Waals surface area contributed by atoms with Gasteiger partial charge in [0.2, 0.25) is 0 Å². The maximum Gasteiger partial charge on any atom is 0.338 e. The lowest BCUT2D eigenvalue weighted by Gasteiger charge is -2.37. The number of nitrogens with zero attached hydrogens (tertiary/aromatic N) is 2. The van der Waals surface area contributed by atoms with Crippen molar-refractivity contribution in [3.8, 4) is 0 Å². The van der Waals surface area contributed by atoms with Crippen LogP contribution in [0.15, 0.2) is 53.0 Å². The van der Waals surface area contributed by atoms with E-state index in [9.17, 15) is 14.0 Å². The molecule has 1 fully saturated rings. The summed E-state index contributed by atoms with van der Waals surface area (Å²) in [5, 5.41) is 7.51. The molecule has 2 aliphatic heterocycles. The quantitative estimate of drug-likeness (QED) is 0.713. The molecule has 1 saturated heterocycles. The standard InChI is InChI=1S/C21H23FN4O3S/c1-29-20(27)18-15(23-21(28)24-19(18)17-7-4-12-30-17)13-25-8-10-26(11-9-25)16-6-3-2-5-14(16)22/h2-7,12,19H,8-11,13H2,1H3,(H2,23,24,28)/t19-/m1/s1. The Hall–Kier alpha value is -2.91. The van der Waals surface area contributed by atoms with E-state index in [-0.39, 0.29) is 11.8 Å². The van der Waals surface area contributed by atoms with E-state index in [4.69, 9.17) is 4.74 Å². The number of halogens is 1. The van der Waals surface area contributed by atoms with E-state index < -0.39 is 12.0 Å². The first-order valence-electron chi connectivity index (χ1n) is 9.71. The van der Waals surface area contributed by atoms with Crippen LogP contribution in [0.1, 0.15) is 10.9 Å². The van der Waals surface area contributed by atoms with Gasteiger partial charge >= 0.3 is 12.0 Å². The lowest BCUT2D eigenvalue weighted by Crippen LogP contribution is -2.51. The predicted octanol–water partition coefficient (Wildman–Crippen LogP) is 2.49. The maximum absolute atomic E-state index is 14.1. The van der Waals surface area contributed by atoms with Crippen LogP contribution in [0.4, 0.5) is 14.9 Å². The minimum atomic E-state index is -0.541. The smallest absolute Gasteiger partial charge is 0.338 e. The Balaban J connectivity index is 1.52. The lowest BCUT2D eigenvalue weighted by molar-refractivity contribution is -0.136. The van der Waals surface area contributed by atoms with Crippen LogP contribution < -0.4 is 15.5 Å². The Bertz CT molecular complexity index is 955. The molecule has 0 radical (unpaired) electrons. The van der Waals surface area contributed by atoms with Crippen LogP contribution in [0.25, 0.3) is 0 Å². The molecule has 3 heterocycles. The van der Waals surface area contributed by atoms with Gasteiger partial charge in [-0.05, 0) is 23.6 Å². The number of carbonyl (C=O) groups excluding carboxylic acids is 2. The number of amides is 2. The molecule has 4 rings (SSSR count). The summed E-state index contributed by atoms with van der Waals surface area (Å²) in [6, 6.07) is 9.63. The largest absolute Gasteiger partial charge is 0.466 e. The average Bonchev–Trinajstić information content (AvgIpc) is 3.29. The minimum Gasteiger partial charge on any atom is -0.466 e. The fourth-order valence-corrected chi connectivity index (χ4v) is 4.63. The van der Waals surface area contributed by atoms with Gasteiger partial charge in [-0.15, -0.1) is 11.3 Å². The number of nitrogens with one attached hydrogen (secondary N) is 2. The second-order valence-electron chi connectivity index (χ2n) is 7.15. The van der Waals surface area contributed by atoms with E-state index >= 15 is 0 Å². The molecule has 0 saturated carbocycles. The number of para-hydroxylation sites is 1. The summed E-state index contributed by atoms with van der Waals surface area (Å²) in [7, 11) is 1.34. The normalized spacial score (nSPS) is 20.0. The van der Waals surface area contributed by atoms with Gasteiger partial charge in [0.1, 0.15) is 5.82 Å². The molecule has 1 aromatic carbocycles. The zero-order valence-corrected chi connectivity index (χ0v) is 17.4. The van der Waals surface area contributed by atoms with Crippen LogP contribution in [-0.2, 0) is 9.53 Å². The maximum atomic E-state index is 14.1. The summed E-state index contributed by atoms with van der Waals surface area (Å²) >= 11 is 1.47. The summed E-state index contributed by atoms with van der Waals surface area (Å²) in [5.41, 5.74) is 1.55. The van der Waals surface area contributed by atoms with Crippen LogP contribution in [-0.4, -0.2) is 56.7 Å². The number of ether oxygens (including phenoxy) is 1. The second-order valence-corrected chi connectivity index (χ2v) is 8.12. The predicted molar refractivity (Wildman–Crippen MR) is 113 cm³/mol. The van der Waals surface area contributed by atoms with Gasteiger partial charge in [0.15, 0.2) is 0 Å². The first-order chi connectivity index (χ1) is 14.6. The molecule has 30 heavy (non-hydrogen) atoms. The number of carbonyl (C=O) groups is 2. The summed E-state index contributed by atoms with van der Waals surface area (Å²) < 4.78 is 19.1. The topological polar surface area (TPSA) is 73.9 Å². The number of hydrogen-bond donors (Lipinski definition) is 2. The molecule has 158 valence electrons. The van der Waals surface area contributed by atoms with Crippen LogP contribution in [0.2, 0.25) is 0 Å². The Kier molecular flexibility index (Phi) is 6.01. The van der Waals surface area contributed by atoms with Gasteiger partial charge in [0.25, 0.3) is 0 Å². The van der Waals surface area contributed by atoms with E-state index in [1.165, 1.54) is 24.5 Å². The van der Waals surface area contributed by atoms with Crippen molar-refractivity contribution in [2.75, 3.05) is 44.7 Å². The van der Waals surface area contributed by atoms with Gasteiger partial charge in [0, 0.05) is 43.3 Å². The molecule has 0 bridgehead atoms. The number of anilines is 1. The third kappa shape index (κ3) is 4.17. The highest BCUT2D eigenvalue weighted by Gasteiger charge is 2.35. The molecule has 0 unspecified atom stereocenters. The van der Waals surface area contributed by atoms with Gasteiger partial charge in [-0.2, -0.15) is 0 Å². The molecule has 9 heteroatoms. The molecule has 7 nitrogen and oxygen atoms in total. The molecular weight excluding hydrogens is 407 g/mol. The lowest BCUT2D eigenvalue weighted by atomic mass is 10.0. The molecule has 1 aromatic heterocycles. The third-order valence-electron chi connectivity index (χ3n) is 5.33. The Labute approximate surface area is 178 Å². The molecule has 2 aliphatic rings. The summed E-state index contributed by atoms with van der Waals surface area (Å²) in [5.74, 6) is -0.702. The van der Waals surface area contributed by atoms with Gasteiger partial charge < -0.3 is 20.3 Å². The summed E-state index contributed by atoms with van der Waals surface area (Å²) in [4.78, 5) is 29.9. The number of hydrogen-bond acceptors (Lipinski definition) is 6. The fraction of sp³-hybridized carbons (Fsp3) is 0.333. The van der Waals surface area contributed by atoms with Crippen molar-refractivity contribution in [1.82, 2.24) is 15.5 Å². The number of piperazine rings is 1.